The van der Waals surface area contributed by atoms with Crippen molar-refractivity contribution in [3.8, 4) is 11.5 Å². The number of hydrogen-bond acceptors (Lipinski definition) is 6. The van der Waals surface area contributed by atoms with E-state index in [1.807, 2.05) is 0 Å². The Hall–Kier alpha value is -2.12. The molecule has 2 atom stereocenters. The SMILES string of the molecule is O=C(c1cc(-c2ccco2)on1)N1CC(O)C(O)C1. The van der Waals surface area contributed by atoms with Gasteiger partial charge in [0.05, 0.1) is 18.5 Å². The van der Waals surface area contributed by atoms with E-state index in [1.165, 1.54) is 17.2 Å². The van der Waals surface area contributed by atoms with Crippen molar-refractivity contribution in [2.45, 2.75) is 12.2 Å². The molecule has 2 unspecified atom stereocenters. The van der Waals surface area contributed by atoms with Crippen LogP contribution in [0.5, 0.6) is 0 Å². The molecule has 7 nitrogen and oxygen atoms in total. The number of nitrogens with zero attached hydrogens (tertiary/aromatic N) is 2. The quantitative estimate of drug-likeness (QED) is 0.798. The second-order valence-corrected chi connectivity index (χ2v) is 4.40. The Morgan fingerprint density at radius 3 is 2.68 bits per heavy atom. The highest BCUT2D eigenvalue weighted by molar-refractivity contribution is 5.93. The smallest absolute Gasteiger partial charge is 0.276 e. The predicted octanol–water partition coefficient (Wildman–Crippen LogP) is 0.112. The maximum atomic E-state index is 12.1. The predicted molar refractivity (Wildman–Crippen MR) is 62.1 cm³/mol. The van der Waals surface area contributed by atoms with E-state index in [2.05, 4.69) is 5.16 Å². The van der Waals surface area contributed by atoms with Crippen molar-refractivity contribution in [2.75, 3.05) is 13.1 Å². The number of furan rings is 1. The van der Waals surface area contributed by atoms with Gasteiger partial charge in [-0.15, -0.1) is 0 Å². The fraction of sp³-hybridized carbons (Fsp3) is 0.333. The van der Waals surface area contributed by atoms with Gasteiger partial charge in [-0.3, -0.25) is 4.79 Å². The molecule has 1 fully saturated rings. The van der Waals surface area contributed by atoms with Gasteiger partial charge in [-0.1, -0.05) is 5.16 Å². The fourth-order valence-corrected chi connectivity index (χ4v) is 2.01. The van der Waals surface area contributed by atoms with Crippen LogP contribution in [0, 0.1) is 0 Å². The van der Waals surface area contributed by atoms with Crippen LogP contribution >= 0.6 is 0 Å². The molecule has 1 saturated heterocycles. The van der Waals surface area contributed by atoms with Crippen LogP contribution < -0.4 is 0 Å². The lowest BCUT2D eigenvalue weighted by atomic mass is 10.3. The first-order valence-electron chi connectivity index (χ1n) is 5.81. The summed E-state index contributed by atoms with van der Waals surface area (Å²) in [4.78, 5) is 13.4. The highest BCUT2D eigenvalue weighted by Gasteiger charge is 2.34. The Balaban J connectivity index is 1.78. The van der Waals surface area contributed by atoms with E-state index in [0.29, 0.717) is 11.5 Å². The lowest BCUT2D eigenvalue weighted by Gasteiger charge is -2.12. The Kier molecular flexibility index (Phi) is 2.84. The topological polar surface area (TPSA) is 99.9 Å². The number of β-amino-alcohol motifs (C(OH)–C–C–N with tert-alkyl or cyclic N) is 2. The molecule has 7 heteroatoms. The normalized spacial score (nSPS) is 22.9. The number of rotatable bonds is 2. The van der Waals surface area contributed by atoms with Crippen LogP contribution in [-0.4, -0.2) is 51.5 Å². The molecule has 3 rings (SSSR count). The van der Waals surface area contributed by atoms with Crippen LogP contribution in [0.1, 0.15) is 10.5 Å². The van der Waals surface area contributed by atoms with Gasteiger partial charge >= 0.3 is 0 Å². The molecule has 0 saturated carbocycles. The third-order valence-electron chi connectivity index (χ3n) is 3.04. The summed E-state index contributed by atoms with van der Waals surface area (Å²) in [6, 6.07) is 4.86. The number of hydrogen-bond donors (Lipinski definition) is 2. The molecule has 3 heterocycles. The third-order valence-corrected chi connectivity index (χ3v) is 3.04. The van der Waals surface area contributed by atoms with Crippen molar-refractivity contribution in [3.05, 3.63) is 30.2 Å². The first-order valence-corrected chi connectivity index (χ1v) is 5.81. The molecule has 1 aliphatic heterocycles. The maximum absolute atomic E-state index is 12.1. The van der Waals surface area contributed by atoms with Gasteiger partial charge in [0.25, 0.3) is 5.91 Å². The number of amides is 1. The minimum absolute atomic E-state index is 0.0863. The molecule has 1 aliphatic rings. The van der Waals surface area contributed by atoms with Crippen molar-refractivity contribution >= 4 is 5.91 Å². The Labute approximate surface area is 108 Å². The van der Waals surface area contributed by atoms with Gasteiger partial charge < -0.3 is 24.1 Å². The first-order chi connectivity index (χ1) is 9.15. The summed E-state index contributed by atoms with van der Waals surface area (Å²) < 4.78 is 10.2. The molecule has 0 aliphatic carbocycles. The van der Waals surface area contributed by atoms with Gasteiger partial charge in [-0.2, -0.15) is 0 Å². The number of aromatic nitrogens is 1. The number of carbonyl (C=O) groups is 1. The number of aliphatic hydroxyl groups excluding tert-OH is 2. The van der Waals surface area contributed by atoms with Crippen molar-refractivity contribution in [2.24, 2.45) is 0 Å². The first kappa shape index (κ1) is 11.9. The molecular formula is C12H12N2O5. The van der Waals surface area contributed by atoms with Gasteiger partial charge in [0, 0.05) is 19.2 Å². The fourth-order valence-electron chi connectivity index (χ4n) is 2.01. The third kappa shape index (κ3) is 2.13. The van der Waals surface area contributed by atoms with E-state index in [-0.39, 0.29) is 18.8 Å². The Morgan fingerprint density at radius 2 is 2.05 bits per heavy atom. The number of likely N-dealkylation sites (tertiary alicyclic amines) is 1. The van der Waals surface area contributed by atoms with Gasteiger partial charge in [-0.05, 0) is 12.1 Å². The molecule has 1 amide bonds. The monoisotopic (exact) mass is 264 g/mol. The maximum Gasteiger partial charge on any atom is 0.276 e. The minimum Gasteiger partial charge on any atom is -0.461 e. The highest BCUT2D eigenvalue weighted by atomic mass is 16.5. The van der Waals surface area contributed by atoms with E-state index in [1.54, 1.807) is 12.1 Å². The van der Waals surface area contributed by atoms with E-state index < -0.39 is 18.1 Å². The molecule has 19 heavy (non-hydrogen) atoms. The average Bonchev–Trinajstić information content (AvgIpc) is 3.09. The van der Waals surface area contributed by atoms with Crippen LogP contribution in [0.25, 0.3) is 11.5 Å². The van der Waals surface area contributed by atoms with Gasteiger partial charge in [0.15, 0.2) is 11.5 Å². The zero-order valence-electron chi connectivity index (χ0n) is 9.89. The minimum atomic E-state index is -0.916. The molecule has 2 aromatic rings. The van der Waals surface area contributed by atoms with Gasteiger partial charge in [0.1, 0.15) is 0 Å². The van der Waals surface area contributed by atoms with Crippen LogP contribution in [0.15, 0.2) is 33.4 Å². The lowest BCUT2D eigenvalue weighted by molar-refractivity contribution is 0.0572. The lowest BCUT2D eigenvalue weighted by Crippen LogP contribution is -2.30. The summed E-state index contributed by atoms with van der Waals surface area (Å²) in [6.07, 6.45) is -0.340. The molecule has 0 aromatic carbocycles. The van der Waals surface area contributed by atoms with Crippen molar-refractivity contribution in [1.82, 2.24) is 10.1 Å². The molecule has 2 N–H and O–H groups in total. The molecule has 0 bridgehead atoms. The van der Waals surface area contributed by atoms with Crippen molar-refractivity contribution in [3.63, 3.8) is 0 Å². The van der Waals surface area contributed by atoms with E-state index in [9.17, 15) is 15.0 Å². The molecule has 2 aromatic heterocycles. The van der Waals surface area contributed by atoms with Gasteiger partial charge in [-0.25, -0.2) is 0 Å². The van der Waals surface area contributed by atoms with Crippen LogP contribution in [0.2, 0.25) is 0 Å². The van der Waals surface area contributed by atoms with Crippen molar-refractivity contribution < 1.29 is 23.9 Å². The van der Waals surface area contributed by atoms with Crippen molar-refractivity contribution in [1.29, 1.82) is 0 Å². The summed E-state index contributed by atoms with van der Waals surface area (Å²) in [5.74, 6) is 0.443. The molecule has 100 valence electrons. The number of aliphatic hydroxyl groups is 2. The molecule has 0 radical (unpaired) electrons. The Bertz CT molecular complexity index is 567. The van der Waals surface area contributed by atoms with E-state index in [4.69, 9.17) is 8.94 Å². The zero-order chi connectivity index (χ0) is 13.4. The highest BCUT2D eigenvalue weighted by Crippen LogP contribution is 2.22. The zero-order valence-corrected chi connectivity index (χ0v) is 9.89. The summed E-state index contributed by atoms with van der Waals surface area (Å²) in [5.41, 5.74) is 0.118. The van der Waals surface area contributed by atoms with Crippen LogP contribution in [0.4, 0.5) is 0 Å². The summed E-state index contributed by atoms with van der Waals surface area (Å²) in [7, 11) is 0. The van der Waals surface area contributed by atoms with E-state index in [0.717, 1.165) is 0 Å². The summed E-state index contributed by atoms with van der Waals surface area (Å²) in [5, 5.41) is 22.5. The summed E-state index contributed by atoms with van der Waals surface area (Å²) in [6.45, 7) is 0.173. The second kappa shape index (κ2) is 4.52. The second-order valence-electron chi connectivity index (χ2n) is 4.40. The van der Waals surface area contributed by atoms with Crippen LogP contribution in [-0.2, 0) is 0 Å². The standard InChI is InChI=1S/C12H12N2O5/c15-8-5-14(6-9(8)16)12(17)7-4-11(19-13-7)10-2-1-3-18-10/h1-4,8-9,15-16H,5-6H2. The summed E-state index contributed by atoms with van der Waals surface area (Å²) >= 11 is 0. The molecular weight excluding hydrogens is 252 g/mol. The Morgan fingerprint density at radius 1 is 1.32 bits per heavy atom. The van der Waals surface area contributed by atoms with Crippen LogP contribution in [0.3, 0.4) is 0 Å². The van der Waals surface area contributed by atoms with E-state index >= 15 is 0 Å². The average molecular weight is 264 g/mol. The number of carbonyl (C=O) groups excluding carboxylic acids is 1. The molecule has 0 spiro atoms. The van der Waals surface area contributed by atoms with Gasteiger partial charge in [0.2, 0.25) is 5.76 Å². The largest absolute Gasteiger partial charge is 0.461 e.